The van der Waals surface area contributed by atoms with E-state index in [1.54, 1.807) is 53.7 Å². The van der Waals surface area contributed by atoms with Crippen molar-refractivity contribution in [2.75, 3.05) is 7.11 Å². The van der Waals surface area contributed by atoms with Crippen molar-refractivity contribution in [3.8, 4) is 0 Å². The van der Waals surface area contributed by atoms with Gasteiger partial charge in [0.2, 0.25) is 6.10 Å². The minimum atomic E-state index is -1.51. The fourth-order valence-electron chi connectivity index (χ4n) is 1.78. The summed E-state index contributed by atoms with van der Waals surface area (Å²) in [5.41, 5.74) is -0.780. The topological polar surface area (TPSA) is 96.9 Å². The molecule has 0 aliphatic carbocycles. The lowest BCUT2D eigenvalue weighted by Gasteiger charge is -2.30. The normalized spacial score (nSPS) is 15.7. The summed E-state index contributed by atoms with van der Waals surface area (Å²) in [6, 6.07) is 2.71. The highest BCUT2D eigenvalue weighted by Crippen LogP contribution is 2.28. The van der Waals surface area contributed by atoms with E-state index >= 15 is 0 Å². The fourth-order valence-corrected chi connectivity index (χ4v) is 3.49. The molecular weight excluding hydrogens is 378 g/mol. The maximum Gasteiger partial charge on any atom is 0.509 e. The number of ether oxygens (including phenoxy) is 3. The van der Waals surface area contributed by atoms with E-state index in [2.05, 4.69) is 4.72 Å². The highest BCUT2D eigenvalue weighted by molar-refractivity contribution is 7.90. The number of carbonyl (C=O) groups excluding carboxylic acids is 2. The van der Waals surface area contributed by atoms with E-state index < -0.39 is 46.0 Å². The van der Waals surface area contributed by atoms with Gasteiger partial charge < -0.3 is 18.8 Å². The van der Waals surface area contributed by atoms with E-state index in [4.69, 9.17) is 14.2 Å². The van der Waals surface area contributed by atoms with Gasteiger partial charge in [0.1, 0.15) is 16.4 Å². The molecule has 26 heavy (non-hydrogen) atoms. The predicted octanol–water partition coefficient (Wildman–Crippen LogP) is 3.33. The Bertz CT molecular complexity index is 591. The van der Waals surface area contributed by atoms with Gasteiger partial charge in [-0.2, -0.15) is 0 Å². The van der Waals surface area contributed by atoms with Gasteiger partial charge in [-0.05, 0) is 53.0 Å². The van der Waals surface area contributed by atoms with Crippen LogP contribution < -0.4 is 4.72 Å². The van der Waals surface area contributed by atoms with Crippen LogP contribution in [0.3, 0.4) is 0 Å². The molecule has 0 aromatic carbocycles. The summed E-state index contributed by atoms with van der Waals surface area (Å²) in [4.78, 5) is 25.1. The number of hydrogen-bond donors (Lipinski definition) is 1. The number of nitrogens with one attached hydrogen (secondary N) is 1. The molecule has 1 aromatic rings. The van der Waals surface area contributed by atoms with Gasteiger partial charge in [-0.1, -0.05) is 6.07 Å². The van der Waals surface area contributed by atoms with Crippen molar-refractivity contribution < 1.29 is 28.4 Å². The molecule has 0 spiro atoms. The summed E-state index contributed by atoms with van der Waals surface area (Å²) in [5.74, 6) is -0.771. The summed E-state index contributed by atoms with van der Waals surface area (Å²) in [6.45, 7) is 10.4. The van der Waals surface area contributed by atoms with Gasteiger partial charge in [-0.25, -0.2) is 9.59 Å². The predicted molar refractivity (Wildman–Crippen MR) is 101 cm³/mol. The number of carbonyl (C=O) groups is 2. The molecule has 1 N–H and O–H groups in total. The Balaban J connectivity index is 3.13. The average molecular weight is 406 g/mol. The molecule has 7 nitrogen and oxygen atoms in total. The van der Waals surface area contributed by atoms with E-state index in [1.165, 1.54) is 18.4 Å². The second kappa shape index (κ2) is 9.07. The second-order valence-corrected chi connectivity index (χ2v) is 10.5. The van der Waals surface area contributed by atoms with Crippen LogP contribution in [0.25, 0.3) is 0 Å². The Kier molecular flexibility index (Phi) is 7.94. The van der Waals surface area contributed by atoms with Crippen LogP contribution in [0, 0.1) is 0 Å². The summed E-state index contributed by atoms with van der Waals surface area (Å²) in [6.07, 6.45) is -2.35. The number of rotatable bonds is 6. The Hall–Kier alpha value is -1.29. The van der Waals surface area contributed by atoms with Crippen LogP contribution in [0.5, 0.6) is 0 Å². The average Bonchev–Trinajstić information content (AvgIpc) is 3.00. The van der Waals surface area contributed by atoms with E-state index in [0.29, 0.717) is 4.88 Å². The second-order valence-electron chi connectivity index (χ2n) is 7.52. The zero-order valence-electron chi connectivity index (χ0n) is 16.2. The Morgan fingerprint density at radius 3 is 2.27 bits per heavy atom. The number of methoxy groups -OCH3 is 1. The van der Waals surface area contributed by atoms with Gasteiger partial charge in [0.25, 0.3) is 0 Å². The zero-order chi connectivity index (χ0) is 20.1. The van der Waals surface area contributed by atoms with Crippen LogP contribution in [-0.2, 0) is 30.4 Å². The minimum absolute atomic E-state index is 0.581. The number of esters is 1. The molecule has 3 atom stereocenters. The van der Waals surface area contributed by atoms with Gasteiger partial charge >= 0.3 is 12.1 Å². The summed E-state index contributed by atoms with van der Waals surface area (Å²) in [7, 11) is 1.19. The van der Waals surface area contributed by atoms with Gasteiger partial charge in [0, 0.05) is 16.2 Å². The Labute approximate surface area is 161 Å². The van der Waals surface area contributed by atoms with Gasteiger partial charge in [-0.15, -0.1) is 16.1 Å². The van der Waals surface area contributed by atoms with Crippen LogP contribution in [-0.4, -0.2) is 40.2 Å². The quantitative estimate of drug-likeness (QED) is 0.573. The monoisotopic (exact) mass is 405 g/mol. The first-order valence-electron chi connectivity index (χ1n) is 8.04. The van der Waals surface area contributed by atoms with E-state index in [0.717, 1.165) is 0 Å². The van der Waals surface area contributed by atoms with E-state index in [9.17, 15) is 14.1 Å². The molecule has 0 bridgehead atoms. The summed E-state index contributed by atoms with van der Waals surface area (Å²) < 4.78 is 30.1. The molecule has 0 aliphatic heterocycles. The molecule has 1 heterocycles. The van der Waals surface area contributed by atoms with Crippen LogP contribution in [0.4, 0.5) is 4.79 Å². The third kappa shape index (κ3) is 7.14. The smallest absolute Gasteiger partial charge is 0.509 e. The van der Waals surface area contributed by atoms with Crippen molar-refractivity contribution >= 4 is 34.8 Å². The van der Waals surface area contributed by atoms with Crippen LogP contribution in [0.1, 0.15) is 52.5 Å². The van der Waals surface area contributed by atoms with Crippen LogP contribution >= 0.6 is 11.3 Å². The lowest BCUT2D eigenvalue weighted by atomic mass is 10.1. The molecule has 1 aromatic heterocycles. The van der Waals surface area contributed by atoms with Crippen molar-refractivity contribution in [3.05, 3.63) is 22.4 Å². The van der Waals surface area contributed by atoms with Gasteiger partial charge in [0.15, 0.2) is 0 Å². The van der Waals surface area contributed by atoms with Crippen molar-refractivity contribution in [1.82, 2.24) is 4.72 Å². The number of hydrogen-bond acceptors (Lipinski definition) is 8. The Morgan fingerprint density at radius 2 is 1.85 bits per heavy atom. The summed E-state index contributed by atoms with van der Waals surface area (Å²) >= 11 is -0.165. The molecule has 0 saturated heterocycles. The maximum absolute atomic E-state index is 12.6. The van der Waals surface area contributed by atoms with E-state index in [-0.39, 0.29) is 0 Å². The first-order chi connectivity index (χ1) is 11.8. The molecule has 0 amide bonds. The van der Waals surface area contributed by atoms with Crippen molar-refractivity contribution in [2.45, 2.75) is 64.0 Å². The standard InChI is InChI=1S/C17H27NO6S2/c1-16(2,3)24-15(20)23-13(14(19)22-7)12(11-9-8-10-25-11)18-26(21)17(4,5)6/h8-10,12-13,18H,1-7H3/t12-,13+,26+/m1/s1. The minimum Gasteiger partial charge on any atom is -0.598 e. The zero-order valence-corrected chi connectivity index (χ0v) is 17.8. The van der Waals surface area contributed by atoms with Gasteiger partial charge in [-0.3, -0.25) is 0 Å². The molecular formula is C17H27NO6S2. The maximum atomic E-state index is 12.6. The van der Waals surface area contributed by atoms with E-state index in [1.807, 2.05) is 5.38 Å². The fraction of sp³-hybridized carbons (Fsp3) is 0.647. The largest absolute Gasteiger partial charge is 0.598 e. The SMILES string of the molecule is COC(=O)[C@@H](OC(=O)OC(C)(C)C)[C@H](N[S@@+]([O-])C(C)(C)C)c1cccs1. The Morgan fingerprint density at radius 1 is 1.23 bits per heavy atom. The lowest BCUT2D eigenvalue weighted by Crippen LogP contribution is -2.48. The summed E-state index contributed by atoms with van der Waals surface area (Å²) in [5, 5.41) is 1.81. The van der Waals surface area contributed by atoms with Crippen molar-refractivity contribution in [3.63, 3.8) is 0 Å². The molecule has 0 radical (unpaired) electrons. The molecule has 0 aliphatic rings. The van der Waals surface area contributed by atoms with Crippen LogP contribution in [0.2, 0.25) is 0 Å². The molecule has 9 heteroatoms. The molecule has 1 rings (SSSR count). The molecule has 0 fully saturated rings. The van der Waals surface area contributed by atoms with Crippen molar-refractivity contribution in [2.24, 2.45) is 0 Å². The van der Waals surface area contributed by atoms with Gasteiger partial charge in [0.05, 0.1) is 7.11 Å². The van der Waals surface area contributed by atoms with Crippen LogP contribution in [0.15, 0.2) is 17.5 Å². The third-order valence-electron chi connectivity index (χ3n) is 2.99. The first kappa shape index (κ1) is 22.8. The highest BCUT2D eigenvalue weighted by Gasteiger charge is 2.41. The third-order valence-corrected chi connectivity index (χ3v) is 5.52. The molecule has 148 valence electrons. The first-order valence-corrected chi connectivity index (χ1v) is 10.1. The van der Waals surface area contributed by atoms with Crippen molar-refractivity contribution in [1.29, 1.82) is 0 Å². The molecule has 0 saturated carbocycles. The lowest BCUT2D eigenvalue weighted by molar-refractivity contribution is -0.154. The number of thiophene rings is 1. The molecule has 0 unspecified atom stereocenters. The highest BCUT2D eigenvalue weighted by atomic mass is 32.2.